The van der Waals surface area contributed by atoms with Crippen molar-refractivity contribution in [2.75, 3.05) is 20.3 Å². The average molecular weight is 293 g/mol. The van der Waals surface area contributed by atoms with Crippen LogP contribution in [-0.4, -0.2) is 41.3 Å². The minimum absolute atomic E-state index is 0.220. The lowest BCUT2D eigenvalue weighted by molar-refractivity contribution is 0.0675. The molecule has 0 saturated heterocycles. The molecule has 0 saturated carbocycles. The molecule has 20 heavy (non-hydrogen) atoms. The molecule has 2 rings (SSSR count). The van der Waals surface area contributed by atoms with Crippen molar-refractivity contribution in [1.29, 1.82) is 0 Å². The van der Waals surface area contributed by atoms with Gasteiger partial charge in [0.15, 0.2) is 0 Å². The SMILES string of the molecule is COCCN(Cc1cccs1)C(=O)c1ccc(=O)[nH]n1. The molecule has 0 aliphatic rings. The second-order valence-corrected chi connectivity index (χ2v) is 5.14. The van der Waals surface area contributed by atoms with E-state index in [0.29, 0.717) is 19.7 Å². The number of carbonyl (C=O) groups is 1. The fourth-order valence-corrected chi connectivity index (χ4v) is 2.39. The van der Waals surface area contributed by atoms with Gasteiger partial charge in [-0.1, -0.05) is 6.07 Å². The summed E-state index contributed by atoms with van der Waals surface area (Å²) in [5.74, 6) is -0.230. The van der Waals surface area contributed by atoms with Crippen LogP contribution < -0.4 is 5.56 Å². The predicted octanol–water partition coefficient (Wildman–Crippen LogP) is 1.12. The van der Waals surface area contributed by atoms with Gasteiger partial charge in [0.2, 0.25) is 0 Å². The van der Waals surface area contributed by atoms with Crippen LogP contribution in [0, 0.1) is 0 Å². The number of nitrogens with one attached hydrogen (secondary N) is 1. The summed E-state index contributed by atoms with van der Waals surface area (Å²) in [6.07, 6.45) is 0. The molecule has 0 radical (unpaired) electrons. The number of amides is 1. The summed E-state index contributed by atoms with van der Waals surface area (Å²) in [7, 11) is 1.59. The molecule has 0 atom stereocenters. The molecule has 2 heterocycles. The van der Waals surface area contributed by atoms with Crippen LogP contribution in [0.5, 0.6) is 0 Å². The summed E-state index contributed by atoms with van der Waals surface area (Å²) >= 11 is 1.59. The zero-order valence-corrected chi connectivity index (χ0v) is 11.9. The fourth-order valence-electron chi connectivity index (χ4n) is 1.67. The monoisotopic (exact) mass is 293 g/mol. The lowest BCUT2D eigenvalue weighted by Gasteiger charge is -2.21. The average Bonchev–Trinajstić information content (AvgIpc) is 2.96. The van der Waals surface area contributed by atoms with E-state index < -0.39 is 0 Å². The third kappa shape index (κ3) is 3.75. The third-order valence-electron chi connectivity index (χ3n) is 2.68. The minimum atomic E-state index is -0.330. The highest BCUT2D eigenvalue weighted by molar-refractivity contribution is 7.09. The van der Waals surface area contributed by atoms with Gasteiger partial charge in [-0.25, -0.2) is 5.10 Å². The van der Waals surface area contributed by atoms with Crippen LogP contribution in [0.1, 0.15) is 15.4 Å². The van der Waals surface area contributed by atoms with Crippen LogP contribution in [0.25, 0.3) is 0 Å². The minimum Gasteiger partial charge on any atom is -0.383 e. The zero-order chi connectivity index (χ0) is 14.4. The normalized spacial score (nSPS) is 10.4. The summed E-state index contributed by atoms with van der Waals surface area (Å²) in [6, 6.07) is 6.63. The van der Waals surface area contributed by atoms with E-state index in [1.807, 2.05) is 17.5 Å². The number of nitrogens with zero attached hydrogens (tertiary/aromatic N) is 2. The maximum Gasteiger partial charge on any atom is 0.274 e. The summed E-state index contributed by atoms with van der Waals surface area (Å²) < 4.78 is 5.03. The van der Waals surface area contributed by atoms with Crippen molar-refractivity contribution >= 4 is 17.2 Å². The van der Waals surface area contributed by atoms with Crippen molar-refractivity contribution in [3.63, 3.8) is 0 Å². The van der Waals surface area contributed by atoms with E-state index in [1.165, 1.54) is 12.1 Å². The highest BCUT2D eigenvalue weighted by Gasteiger charge is 2.17. The number of methoxy groups -OCH3 is 1. The Labute approximate surface area is 120 Å². The number of ether oxygens (including phenoxy) is 1. The van der Waals surface area contributed by atoms with Crippen LogP contribution in [0.4, 0.5) is 0 Å². The standard InChI is InChI=1S/C13H15N3O3S/c1-19-7-6-16(9-10-3-2-8-20-10)13(18)11-4-5-12(17)15-14-11/h2-5,8H,6-7,9H2,1H3,(H,15,17). The number of hydrogen-bond donors (Lipinski definition) is 1. The lowest BCUT2D eigenvalue weighted by Crippen LogP contribution is -2.34. The van der Waals surface area contributed by atoms with Gasteiger partial charge in [-0.15, -0.1) is 11.3 Å². The van der Waals surface area contributed by atoms with E-state index >= 15 is 0 Å². The van der Waals surface area contributed by atoms with E-state index in [4.69, 9.17) is 4.74 Å². The van der Waals surface area contributed by atoms with E-state index in [0.717, 1.165) is 4.88 Å². The predicted molar refractivity (Wildman–Crippen MR) is 75.8 cm³/mol. The Kier molecular flexibility index (Phi) is 5.03. The first-order chi connectivity index (χ1) is 9.70. The quantitative estimate of drug-likeness (QED) is 0.866. The number of hydrogen-bond acceptors (Lipinski definition) is 5. The molecule has 1 N–H and O–H groups in total. The maximum atomic E-state index is 12.4. The smallest absolute Gasteiger partial charge is 0.274 e. The molecular weight excluding hydrogens is 278 g/mol. The van der Waals surface area contributed by atoms with Crippen LogP contribution in [-0.2, 0) is 11.3 Å². The first-order valence-corrected chi connectivity index (χ1v) is 6.95. The molecule has 0 fully saturated rings. The first kappa shape index (κ1) is 14.4. The molecule has 2 aromatic heterocycles. The highest BCUT2D eigenvalue weighted by Crippen LogP contribution is 2.13. The second kappa shape index (κ2) is 6.97. The van der Waals surface area contributed by atoms with Crippen LogP contribution in [0.2, 0.25) is 0 Å². The van der Waals surface area contributed by atoms with Gasteiger partial charge in [0, 0.05) is 24.6 Å². The summed E-state index contributed by atoms with van der Waals surface area (Å²) in [5, 5.41) is 8.00. The Morgan fingerprint density at radius 3 is 2.90 bits per heavy atom. The number of carbonyl (C=O) groups excluding carboxylic acids is 1. The van der Waals surface area contributed by atoms with Gasteiger partial charge in [0.1, 0.15) is 5.69 Å². The van der Waals surface area contributed by atoms with Crippen LogP contribution in [0.3, 0.4) is 0 Å². The summed E-state index contributed by atoms with van der Waals surface area (Å²) in [6.45, 7) is 1.41. The molecule has 7 heteroatoms. The largest absolute Gasteiger partial charge is 0.383 e. The lowest BCUT2D eigenvalue weighted by atomic mass is 10.3. The summed E-state index contributed by atoms with van der Waals surface area (Å²) in [5.41, 5.74) is -0.111. The Hall–Kier alpha value is -1.99. The van der Waals surface area contributed by atoms with Crippen molar-refractivity contribution in [2.45, 2.75) is 6.54 Å². The number of thiophene rings is 1. The van der Waals surface area contributed by atoms with Crippen LogP contribution >= 0.6 is 11.3 Å². The van der Waals surface area contributed by atoms with E-state index in [-0.39, 0.29) is 17.2 Å². The zero-order valence-electron chi connectivity index (χ0n) is 11.0. The topological polar surface area (TPSA) is 75.3 Å². The summed E-state index contributed by atoms with van der Waals surface area (Å²) in [4.78, 5) is 26.1. The number of rotatable bonds is 6. The van der Waals surface area contributed by atoms with Crippen molar-refractivity contribution in [1.82, 2.24) is 15.1 Å². The van der Waals surface area contributed by atoms with Gasteiger partial charge in [-0.05, 0) is 17.5 Å². The Bertz CT molecular complexity index is 589. The molecule has 2 aromatic rings. The fraction of sp³-hybridized carbons (Fsp3) is 0.308. The molecule has 0 spiro atoms. The van der Waals surface area contributed by atoms with Crippen molar-refractivity contribution in [3.05, 3.63) is 50.6 Å². The number of aromatic amines is 1. The van der Waals surface area contributed by atoms with Gasteiger partial charge in [0.05, 0.1) is 13.2 Å². The molecule has 1 amide bonds. The Morgan fingerprint density at radius 2 is 2.30 bits per heavy atom. The molecule has 0 unspecified atom stereocenters. The molecule has 6 nitrogen and oxygen atoms in total. The van der Waals surface area contributed by atoms with Gasteiger partial charge in [-0.2, -0.15) is 5.10 Å². The number of aromatic nitrogens is 2. The van der Waals surface area contributed by atoms with E-state index in [9.17, 15) is 9.59 Å². The molecule has 0 aromatic carbocycles. The van der Waals surface area contributed by atoms with Gasteiger partial charge in [-0.3, -0.25) is 9.59 Å². The molecule has 0 bridgehead atoms. The van der Waals surface area contributed by atoms with Crippen molar-refractivity contribution in [2.24, 2.45) is 0 Å². The number of H-pyrrole nitrogens is 1. The van der Waals surface area contributed by atoms with Gasteiger partial charge in [0.25, 0.3) is 11.5 Å². The maximum absolute atomic E-state index is 12.4. The first-order valence-electron chi connectivity index (χ1n) is 6.07. The highest BCUT2D eigenvalue weighted by atomic mass is 32.1. The third-order valence-corrected chi connectivity index (χ3v) is 3.54. The van der Waals surface area contributed by atoms with Crippen molar-refractivity contribution in [3.8, 4) is 0 Å². The molecule has 0 aliphatic heterocycles. The molecule has 106 valence electrons. The molecule has 0 aliphatic carbocycles. The van der Waals surface area contributed by atoms with E-state index in [1.54, 1.807) is 23.3 Å². The Balaban J connectivity index is 2.14. The van der Waals surface area contributed by atoms with Crippen molar-refractivity contribution < 1.29 is 9.53 Å². The van der Waals surface area contributed by atoms with Crippen LogP contribution in [0.15, 0.2) is 34.4 Å². The van der Waals surface area contributed by atoms with Gasteiger partial charge >= 0.3 is 0 Å². The Morgan fingerprint density at radius 1 is 1.45 bits per heavy atom. The second-order valence-electron chi connectivity index (χ2n) is 4.11. The van der Waals surface area contributed by atoms with Gasteiger partial charge < -0.3 is 9.64 Å². The van der Waals surface area contributed by atoms with E-state index in [2.05, 4.69) is 10.2 Å². The molecular formula is C13H15N3O3S.